The topological polar surface area (TPSA) is 80.4 Å². The minimum absolute atomic E-state index is 0.00185. The van der Waals surface area contributed by atoms with Crippen molar-refractivity contribution in [2.75, 3.05) is 5.73 Å². The quantitative estimate of drug-likeness (QED) is 0.737. The maximum Gasteiger partial charge on any atom is 0.306 e. The number of aliphatic carboxylic acids is 1. The highest BCUT2D eigenvalue weighted by atomic mass is 16.4. The molecule has 1 aliphatic carbocycles. The van der Waals surface area contributed by atoms with Crippen LogP contribution in [0.3, 0.4) is 0 Å². The van der Waals surface area contributed by atoms with Crippen LogP contribution >= 0.6 is 0 Å². The van der Waals surface area contributed by atoms with E-state index in [4.69, 9.17) is 10.8 Å². The van der Waals surface area contributed by atoms with Crippen molar-refractivity contribution in [1.29, 1.82) is 0 Å². The molecular formula is C12H13NO3. The van der Waals surface area contributed by atoms with E-state index in [1.165, 1.54) is 0 Å². The lowest BCUT2D eigenvalue weighted by atomic mass is 9.95. The van der Waals surface area contributed by atoms with Gasteiger partial charge in [0, 0.05) is 18.0 Å². The number of Topliss-reactive ketones (excluding diaryl/α,β-unsaturated/α-hetero) is 1. The largest absolute Gasteiger partial charge is 0.481 e. The van der Waals surface area contributed by atoms with Crippen molar-refractivity contribution >= 4 is 17.4 Å². The van der Waals surface area contributed by atoms with Gasteiger partial charge >= 0.3 is 5.97 Å². The van der Waals surface area contributed by atoms with Crippen LogP contribution < -0.4 is 5.73 Å². The Bertz CT molecular complexity index is 442. The standard InChI is InChI=1S/C12H13NO3/c13-9-3-1-2-7(4-9)10-5-8(12(15)16)6-11(10)14/h1-4,8,10H,5-6,13H2,(H,15,16)/t8-,10-/m0/s1. The lowest BCUT2D eigenvalue weighted by molar-refractivity contribution is -0.142. The van der Waals surface area contributed by atoms with Crippen LogP contribution in [0.4, 0.5) is 5.69 Å². The molecule has 0 bridgehead atoms. The van der Waals surface area contributed by atoms with Crippen LogP contribution in [-0.4, -0.2) is 16.9 Å². The van der Waals surface area contributed by atoms with Gasteiger partial charge in [0.1, 0.15) is 5.78 Å². The second-order valence-corrected chi connectivity index (χ2v) is 4.16. The van der Waals surface area contributed by atoms with Crippen LogP contribution in [-0.2, 0) is 9.59 Å². The van der Waals surface area contributed by atoms with E-state index in [1.54, 1.807) is 18.2 Å². The van der Waals surface area contributed by atoms with Crippen LogP contribution in [0, 0.1) is 5.92 Å². The predicted molar refractivity (Wildman–Crippen MR) is 59.0 cm³/mol. The minimum atomic E-state index is -0.889. The van der Waals surface area contributed by atoms with E-state index in [1.807, 2.05) is 6.07 Å². The summed E-state index contributed by atoms with van der Waals surface area (Å²) in [6.45, 7) is 0. The number of anilines is 1. The molecule has 0 amide bonds. The van der Waals surface area contributed by atoms with Crippen LogP contribution in [0.15, 0.2) is 24.3 Å². The molecule has 0 radical (unpaired) electrons. The van der Waals surface area contributed by atoms with Crippen molar-refractivity contribution < 1.29 is 14.7 Å². The summed E-state index contributed by atoms with van der Waals surface area (Å²) in [5.41, 5.74) is 7.07. The Morgan fingerprint density at radius 1 is 1.44 bits per heavy atom. The number of hydrogen-bond donors (Lipinski definition) is 2. The van der Waals surface area contributed by atoms with Crippen molar-refractivity contribution in [1.82, 2.24) is 0 Å². The predicted octanol–water partition coefficient (Wildman–Crippen LogP) is 1.42. The summed E-state index contributed by atoms with van der Waals surface area (Å²) >= 11 is 0. The van der Waals surface area contributed by atoms with Gasteiger partial charge in [-0.25, -0.2) is 0 Å². The molecule has 0 saturated heterocycles. The van der Waals surface area contributed by atoms with Crippen LogP contribution in [0.5, 0.6) is 0 Å². The summed E-state index contributed by atoms with van der Waals surface area (Å²) in [5.74, 6) is -1.73. The molecule has 1 aliphatic rings. The van der Waals surface area contributed by atoms with E-state index in [0.717, 1.165) is 5.56 Å². The smallest absolute Gasteiger partial charge is 0.306 e. The van der Waals surface area contributed by atoms with Gasteiger partial charge in [0.05, 0.1) is 5.92 Å². The summed E-state index contributed by atoms with van der Waals surface area (Å²) in [5, 5.41) is 8.87. The Labute approximate surface area is 93.1 Å². The molecule has 0 unspecified atom stereocenters. The maximum absolute atomic E-state index is 11.7. The Kier molecular flexibility index (Phi) is 2.64. The molecule has 16 heavy (non-hydrogen) atoms. The fourth-order valence-corrected chi connectivity index (χ4v) is 2.17. The molecular weight excluding hydrogens is 206 g/mol. The van der Waals surface area contributed by atoms with Gasteiger partial charge in [0.2, 0.25) is 0 Å². The van der Waals surface area contributed by atoms with E-state index < -0.39 is 11.9 Å². The highest BCUT2D eigenvalue weighted by molar-refractivity contribution is 5.92. The first-order valence-corrected chi connectivity index (χ1v) is 5.19. The normalized spacial score (nSPS) is 24.6. The molecule has 2 atom stereocenters. The van der Waals surface area contributed by atoms with Gasteiger partial charge in [-0.3, -0.25) is 9.59 Å². The van der Waals surface area contributed by atoms with Crippen LogP contribution in [0.25, 0.3) is 0 Å². The minimum Gasteiger partial charge on any atom is -0.481 e. The lowest BCUT2D eigenvalue weighted by Gasteiger charge is -2.09. The number of carbonyl (C=O) groups excluding carboxylic acids is 1. The molecule has 1 aromatic rings. The van der Waals surface area contributed by atoms with Gasteiger partial charge in [-0.1, -0.05) is 12.1 Å². The number of benzene rings is 1. The molecule has 0 aliphatic heterocycles. The molecule has 4 nitrogen and oxygen atoms in total. The zero-order valence-electron chi connectivity index (χ0n) is 8.72. The molecule has 0 spiro atoms. The molecule has 2 rings (SSSR count). The molecule has 1 fully saturated rings. The summed E-state index contributed by atoms with van der Waals surface area (Å²) in [6, 6.07) is 7.10. The van der Waals surface area contributed by atoms with Gasteiger partial charge in [-0.15, -0.1) is 0 Å². The number of hydrogen-bond acceptors (Lipinski definition) is 3. The monoisotopic (exact) mass is 219 g/mol. The number of carbonyl (C=O) groups is 2. The maximum atomic E-state index is 11.7. The van der Waals surface area contributed by atoms with E-state index in [-0.39, 0.29) is 18.1 Å². The first kappa shape index (κ1) is 10.7. The van der Waals surface area contributed by atoms with E-state index in [9.17, 15) is 9.59 Å². The first-order chi connectivity index (χ1) is 7.58. The zero-order chi connectivity index (χ0) is 11.7. The fourth-order valence-electron chi connectivity index (χ4n) is 2.17. The Hall–Kier alpha value is -1.84. The van der Waals surface area contributed by atoms with Gasteiger partial charge < -0.3 is 10.8 Å². The van der Waals surface area contributed by atoms with Gasteiger partial charge in [0.25, 0.3) is 0 Å². The van der Waals surface area contributed by atoms with E-state index in [0.29, 0.717) is 12.1 Å². The van der Waals surface area contributed by atoms with Gasteiger partial charge in [0.15, 0.2) is 0 Å². The third-order valence-corrected chi connectivity index (χ3v) is 3.02. The Morgan fingerprint density at radius 3 is 2.75 bits per heavy atom. The van der Waals surface area contributed by atoms with E-state index >= 15 is 0 Å². The third-order valence-electron chi connectivity index (χ3n) is 3.02. The summed E-state index contributed by atoms with van der Waals surface area (Å²) in [7, 11) is 0. The Morgan fingerprint density at radius 2 is 2.19 bits per heavy atom. The summed E-state index contributed by atoms with van der Waals surface area (Å²) in [6.07, 6.45) is 0.520. The average Bonchev–Trinajstić information content (AvgIpc) is 2.60. The Balaban J connectivity index is 2.23. The van der Waals surface area contributed by atoms with E-state index in [2.05, 4.69) is 0 Å². The van der Waals surface area contributed by atoms with Crippen LogP contribution in [0.2, 0.25) is 0 Å². The number of nitrogens with two attached hydrogens (primary N) is 1. The SMILES string of the molecule is Nc1cccc([C@@H]2C[C@H](C(=O)O)CC2=O)c1. The molecule has 3 N–H and O–H groups in total. The molecule has 0 heterocycles. The van der Waals surface area contributed by atoms with Crippen LogP contribution in [0.1, 0.15) is 24.3 Å². The number of carboxylic acid groups (broad SMARTS) is 1. The fraction of sp³-hybridized carbons (Fsp3) is 0.333. The number of rotatable bonds is 2. The molecule has 84 valence electrons. The summed E-state index contributed by atoms with van der Waals surface area (Å²) in [4.78, 5) is 22.5. The second kappa shape index (κ2) is 3.96. The second-order valence-electron chi connectivity index (χ2n) is 4.16. The van der Waals surface area contributed by atoms with Crippen molar-refractivity contribution in [3.05, 3.63) is 29.8 Å². The number of ketones is 1. The highest BCUT2D eigenvalue weighted by Gasteiger charge is 2.37. The number of carboxylic acids is 1. The summed E-state index contributed by atoms with van der Waals surface area (Å²) < 4.78 is 0. The van der Waals surface area contributed by atoms with Gasteiger partial charge in [-0.05, 0) is 24.1 Å². The first-order valence-electron chi connectivity index (χ1n) is 5.19. The zero-order valence-corrected chi connectivity index (χ0v) is 8.72. The van der Waals surface area contributed by atoms with Crippen molar-refractivity contribution in [3.63, 3.8) is 0 Å². The molecule has 1 aromatic carbocycles. The molecule has 0 aromatic heterocycles. The lowest BCUT2D eigenvalue weighted by Crippen LogP contribution is -2.09. The number of nitrogen functional groups attached to an aromatic ring is 1. The van der Waals surface area contributed by atoms with Gasteiger partial charge in [-0.2, -0.15) is 0 Å². The molecule has 4 heteroatoms. The van der Waals surface area contributed by atoms with Crippen molar-refractivity contribution in [3.8, 4) is 0 Å². The highest BCUT2D eigenvalue weighted by Crippen LogP contribution is 2.36. The third kappa shape index (κ3) is 1.91. The van der Waals surface area contributed by atoms with Crippen molar-refractivity contribution in [2.45, 2.75) is 18.8 Å². The molecule has 1 saturated carbocycles. The average molecular weight is 219 g/mol. The van der Waals surface area contributed by atoms with Crippen molar-refractivity contribution in [2.24, 2.45) is 5.92 Å².